The minimum absolute atomic E-state index is 0.0389. The maximum absolute atomic E-state index is 12.2. The van der Waals surface area contributed by atoms with Crippen LogP contribution in [0.5, 0.6) is 0 Å². The topological polar surface area (TPSA) is 97.1 Å². The van der Waals surface area contributed by atoms with Gasteiger partial charge >= 0.3 is 5.69 Å². The molecular formula is C16H18N6O2. The molecule has 0 spiro atoms. The molecule has 3 aromatic rings. The van der Waals surface area contributed by atoms with Gasteiger partial charge in [-0.3, -0.25) is 14.3 Å². The summed E-state index contributed by atoms with van der Waals surface area (Å²) in [5.41, 5.74) is 3.48. The molecule has 1 aromatic carbocycles. The fraction of sp³-hybridized carbons (Fsp3) is 0.250. The van der Waals surface area contributed by atoms with Crippen molar-refractivity contribution in [2.75, 3.05) is 5.43 Å². The molecule has 8 nitrogen and oxygen atoms in total. The Hall–Kier alpha value is -3.16. The van der Waals surface area contributed by atoms with Gasteiger partial charge in [-0.2, -0.15) is 10.1 Å². The van der Waals surface area contributed by atoms with E-state index in [0.717, 1.165) is 5.56 Å². The largest absolute Gasteiger partial charge is 0.329 e. The van der Waals surface area contributed by atoms with Gasteiger partial charge < -0.3 is 4.57 Å². The van der Waals surface area contributed by atoms with Gasteiger partial charge in [0.05, 0.1) is 6.21 Å². The van der Waals surface area contributed by atoms with Crippen molar-refractivity contribution in [3.05, 3.63) is 56.7 Å². The molecule has 124 valence electrons. The van der Waals surface area contributed by atoms with Crippen LogP contribution in [0.4, 0.5) is 5.95 Å². The average Bonchev–Trinajstić information content (AvgIpc) is 2.94. The summed E-state index contributed by atoms with van der Waals surface area (Å²) in [7, 11) is 1.56. The van der Waals surface area contributed by atoms with Gasteiger partial charge in [0.2, 0.25) is 5.95 Å². The Morgan fingerprint density at radius 3 is 2.62 bits per heavy atom. The molecule has 0 unspecified atom stereocenters. The van der Waals surface area contributed by atoms with Crippen LogP contribution >= 0.6 is 0 Å². The van der Waals surface area contributed by atoms with Crippen molar-refractivity contribution in [2.24, 2.45) is 12.1 Å². The zero-order valence-corrected chi connectivity index (χ0v) is 13.6. The van der Waals surface area contributed by atoms with Crippen molar-refractivity contribution in [3.63, 3.8) is 0 Å². The van der Waals surface area contributed by atoms with Crippen LogP contribution in [0.25, 0.3) is 11.2 Å². The summed E-state index contributed by atoms with van der Waals surface area (Å²) in [6.07, 6.45) is 1.66. The second kappa shape index (κ2) is 6.15. The zero-order valence-electron chi connectivity index (χ0n) is 13.6. The van der Waals surface area contributed by atoms with Crippen LogP contribution in [0.3, 0.4) is 0 Å². The minimum Gasteiger partial charge on any atom is -0.300 e. The van der Waals surface area contributed by atoms with E-state index in [9.17, 15) is 9.59 Å². The molecule has 0 saturated carbocycles. The molecule has 3 rings (SSSR count). The van der Waals surface area contributed by atoms with Crippen molar-refractivity contribution in [1.82, 2.24) is 19.1 Å². The summed E-state index contributed by atoms with van der Waals surface area (Å²) in [5.74, 6) is 0.402. The fourth-order valence-electron chi connectivity index (χ4n) is 2.49. The number of benzene rings is 1. The second-order valence-corrected chi connectivity index (χ2v) is 5.67. The first-order chi connectivity index (χ1) is 11.5. The highest BCUT2D eigenvalue weighted by Crippen LogP contribution is 2.20. The number of aromatic nitrogens is 4. The van der Waals surface area contributed by atoms with E-state index in [2.05, 4.69) is 20.5 Å². The summed E-state index contributed by atoms with van der Waals surface area (Å²) < 4.78 is 3.03. The lowest BCUT2D eigenvalue weighted by atomic mass is 10.2. The number of rotatable bonds is 4. The molecule has 0 atom stereocenters. The van der Waals surface area contributed by atoms with E-state index in [1.807, 2.05) is 44.2 Å². The summed E-state index contributed by atoms with van der Waals surface area (Å²) >= 11 is 0. The van der Waals surface area contributed by atoms with Crippen LogP contribution in [0.15, 0.2) is 45.0 Å². The summed E-state index contributed by atoms with van der Waals surface area (Å²) in [6, 6.07) is 9.56. The number of aromatic amines is 1. The molecule has 0 aliphatic carbocycles. The number of hydrogen-bond acceptors (Lipinski definition) is 5. The van der Waals surface area contributed by atoms with Gasteiger partial charge in [-0.25, -0.2) is 10.2 Å². The minimum atomic E-state index is -0.500. The number of hydrogen-bond donors (Lipinski definition) is 2. The first-order valence-electron chi connectivity index (χ1n) is 7.54. The summed E-state index contributed by atoms with van der Waals surface area (Å²) in [6.45, 7) is 3.86. The molecule has 0 bridgehead atoms. The quantitative estimate of drug-likeness (QED) is 0.560. The lowest BCUT2D eigenvalue weighted by Crippen LogP contribution is -2.29. The molecule has 0 aliphatic heterocycles. The van der Waals surface area contributed by atoms with E-state index in [1.54, 1.807) is 17.8 Å². The zero-order chi connectivity index (χ0) is 17.3. The molecule has 2 aromatic heterocycles. The third kappa shape index (κ3) is 2.73. The highest BCUT2D eigenvalue weighted by atomic mass is 16.2. The predicted molar refractivity (Wildman–Crippen MR) is 93.6 cm³/mol. The monoisotopic (exact) mass is 326 g/mol. The number of hydrazone groups is 1. The van der Waals surface area contributed by atoms with Crippen molar-refractivity contribution >= 4 is 23.3 Å². The van der Waals surface area contributed by atoms with E-state index in [4.69, 9.17) is 0 Å². The maximum Gasteiger partial charge on any atom is 0.329 e. The van der Waals surface area contributed by atoms with E-state index in [1.165, 1.54) is 4.57 Å². The summed E-state index contributed by atoms with van der Waals surface area (Å²) in [4.78, 5) is 30.6. The van der Waals surface area contributed by atoms with Crippen molar-refractivity contribution in [1.29, 1.82) is 0 Å². The highest BCUT2D eigenvalue weighted by Gasteiger charge is 2.18. The average molecular weight is 326 g/mol. The third-order valence-electron chi connectivity index (χ3n) is 3.64. The second-order valence-electron chi connectivity index (χ2n) is 5.67. The van der Waals surface area contributed by atoms with Crippen molar-refractivity contribution in [3.8, 4) is 0 Å². The van der Waals surface area contributed by atoms with Crippen molar-refractivity contribution < 1.29 is 0 Å². The number of anilines is 1. The Labute approximate surface area is 137 Å². The van der Waals surface area contributed by atoms with Crippen LogP contribution < -0.4 is 16.7 Å². The molecule has 0 aliphatic rings. The Morgan fingerprint density at radius 1 is 1.25 bits per heavy atom. The Balaban J connectivity index is 2.08. The molecule has 0 fully saturated rings. The predicted octanol–water partition coefficient (Wildman–Crippen LogP) is 1.45. The SMILES string of the molecule is CC(C)n1c(NN=Cc2ccccc2)nc2c1c(=O)[nH]c(=O)n2C. The van der Waals surface area contributed by atoms with Gasteiger partial charge in [0.15, 0.2) is 11.2 Å². The summed E-state index contributed by atoms with van der Waals surface area (Å²) in [5, 5.41) is 4.17. The Morgan fingerprint density at radius 2 is 1.96 bits per heavy atom. The van der Waals surface area contributed by atoms with Gasteiger partial charge in [0.25, 0.3) is 5.56 Å². The molecule has 0 radical (unpaired) electrons. The van der Waals surface area contributed by atoms with Crippen LogP contribution in [-0.2, 0) is 7.05 Å². The number of nitrogens with zero attached hydrogens (tertiary/aromatic N) is 4. The number of fused-ring (bicyclic) bond motifs is 1. The molecular weight excluding hydrogens is 308 g/mol. The van der Waals surface area contributed by atoms with E-state index in [0.29, 0.717) is 17.1 Å². The third-order valence-corrected chi connectivity index (χ3v) is 3.64. The van der Waals surface area contributed by atoms with Gasteiger partial charge in [0.1, 0.15) is 0 Å². The first kappa shape index (κ1) is 15.7. The van der Waals surface area contributed by atoms with E-state index < -0.39 is 11.2 Å². The van der Waals surface area contributed by atoms with E-state index in [-0.39, 0.29) is 6.04 Å². The standard InChI is InChI=1S/C16H18N6O2/c1-10(2)22-12-13(21(3)16(24)19-14(12)23)18-15(22)20-17-9-11-7-5-4-6-8-11/h4-10H,1-3H3,(H,18,20)(H,19,23,24). The Kier molecular flexibility index (Phi) is 4.03. The van der Waals surface area contributed by atoms with Crippen molar-refractivity contribution in [2.45, 2.75) is 19.9 Å². The van der Waals surface area contributed by atoms with Crippen LogP contribution in [0, 0.1) is 0 Å². The molecule has 24 heavy (non-hydrogen) atoms. The van der Waals surface area contributed by atoms with Crippen LogP contribution in [0.1, 0.15) is 25.5 Å². The molecule has 8 heteroatoms. The Bertz CT molecular complexity index is 1010. The van der Waals surface area contributed by atoms with Gasteiger partial charge in [-0.05, 0) is 19.4 Å². The fourth-order valence-corrected chi connectivity index (χ4v) is 2.49. The number of imidazole rings is 1. The molecule has 2 N–H and O–H groups in total. The maximum atomic E-state index is 12.2. The number of nitrogens with one attached hydrogen (secondary N) is 2. The first-order valence-corrected chi connectivity index (χ1v) is 7.54. The van der Waals surface area contributed by atoms with Gasteiger partial charge in [-0.1, -0.05) is 30.3 Å². The smallest absolute Gasteiger partial charge is 0.300 e. The number of aryl methyl sites for hydroxylation is 1. The number of H-pyrrole nitrogens is 1. The lowest BCUT2D eigenvalue weighted by Gasteiger charge is -2.11. The van der Waals surface area contributed by atoms with E-state index >= 15 is 0 Å². The lowest BCUT2D eigenvalue weighted by molar-refractivity contribution is 0.620. The van der Waals surface area contributed by atoms with Gasteiger partial charge in [-0.15, -0.1) is 0 Å². The van der Waals surface area contributed by atoms with Crippen LogP contribution in [0.2, 0.25) is 0 Å². The molecule has 0 saturated heterocycles. The molecule has 0 amide bonds. The highest BCUT2D eigenvalue weighted by molar-refractivity contribution is 5.80. The normalized spacial score (nSPS) is 11.7. The van der Waals surface area contributed by atoms with Gasteiger partial charge in [0, 0.05) is 13.1 Å². The van der Waals surface area contributed by atoms with Crippen LogP contribution in [-0.4, -0.2) is 25.3 Å². The molecule has 2 heterocycles.